The largest absolute Gasteiger partial charge is 0.488 e. The molecule has 0 radical (unpaired) electrons. The molecule has 1 fully saturated rings. The Morgan fingerprint density at radius 3 is 2.57 bits per heavy atom. The Balaban J connectivity index is 1.96. The van der Waals surface area contributed by atoms with Crippen LogP contribution >= 0.6 is 0 Å². The van der Waals surface area contributed by atoms with Gasteiger partial charge in [-0.2, -0.15) is 0 Å². The molecule has 1 saturated heterocycles. The Kier molecular flexibility index (Phi) is 6.05. The van der Waals surface area contributed by atoms with Gasteiger partial charge in [0.2, 0.25) is 5.91 Å². The maximum atomic E-state index is 12.6. The van der Waals surface area contributed by atoms with Crippen molar-refractivity contribution in [1.82, 2.24) is 4.90 Å². The van der Waals surface area contributed by atoms with Gasteiger partial charge in [-0.15, -0.1) is 0 Å². The number of carbonyl (C=O) groups is 1. The average molecular weight is 319 g/mol. The van der Waals surface area contributed by atoms with E-state index in [0.717, 1.165) is 37.1 Å². The second-order valence-corrected chi connectivity index (χ2v) is 7.28. The Hall–Kier alpha value is -1.55. The third kappa shape index (κ3) is 5.54. The molecular weight excluding hydrogens is 290 g/mol. The van der Waals surface area contributed by atoms with Crippen molar-refractivity contribution in [2.75, 3.05) is 13.2 Å². The van der Waals surface area contributed by atoms with E-state index in [9.17, 15) is 9.90 Å². The first kappa shape index (κ1) is 17.8. The summed E-state index contributed by atoms with van der Waals surface area (Å²) in [6, 6.07) is 7.98. The lowest BCUT2D eigenvalue weighted by atomic mass is 9.98. The van der Waals surface area contributed by atoms with E-state index in [-0.39, 0.29) is 24.2 Å². The molecule has 128 valence electrons. The fraction of sp³-hybridized carbons (Fsp3) is 0.632. The number of hydrogen-bond acceptors (Lipinski definition) is 3. The van der Waals surface area contributed by atoms with Gasteiger partial charge in [-0.05, 0) is 64.2 Å². The molecule has 0 bridgehead atoms. The van der Waals surface area contributed by atoms with Crippen molar-refractivity contribution < 1.29 is 14.6 Å². The number of piperidine rings is 1. The zero-order valence-corrected chi connectivity index (χ0v) is 14.5. The summed E-state index contributed by atoms with van der Waals surface area (Å²) < 4.78 is 5.80. The zero-order valence-electron chi connectivity index (χ0n) is 14.5. The number of aliphatic hydroxyl groups excluding tert-OH is 1. The molecule has 0 aromatic heterocycles. The quantitative estimate of drug-likeness (QED) is 0.907. The Morgan fingerprint density at radius 2 is 1.96 bits per heavy atom. The molecule has 1 aliphatic rings. The van der Waals surface area contributed by atoms with Crippen LogP contribution in [0.5, 0.6) is 5.75 Å². The van der Waals surface area contributed by atoms with E-state index >= 15 is 0 Å². The summed E-state index contributed by atoms with van der Waals surface area (Å²) in [6.07, 6.45) is 4.31. The van der Waals surface area contributed by atoms with Gasteiger partial charge in [0.15, 0.2) is 0 Å². The number of benzene rings is 1. The van der Waals surface area contributed by atoms with Crippen molar-refractivity contribution in [2.24, 2.45) is 0 Å². The minimum Gasteiger partial charge on any atom is -0.488 e. The number of amides is 1. The van der Waals surface area contributed by atoms with Crippen molar-refractivity contribution in [3.05, 3.63) is 29.8 Å². The SMILES string of the molecule is CC(C)(C)Oc1ccc(CC(=O)N2CCCCC2CCO)cc1. The van der Waals surface area contributed by atoms with E-state index in [1.54, 1.807) is 0 Å². The van der Waals surface area contributed by atoms with E-state index in [2.05, 4.69) is 0 Å². The fourth-order valence-corrected chi connectivity index (χ4v) is 3.08. The van der Waals surface area contributed by atoms with Crippen LogP contribution in [0.3, 0.4) is 0 Å². The van der Waals surface area contributed by atoms with Crippen LogP contribution in [-0.2, 0) is 11.2 Å². The topological polar surface area (TPSA) is 49.8 Å². The van der Waals surface area contributed by atoms with Crippen LogP contribution in [0.2, 0.25) is 0 Å². The van der Waals surface area contributed by atoms with Gasteiger partial charge >= 0.3 is 0 Å². The minimum absolute atomic E-state index is 0.146. The molecule has 2 rings (SSSR count). The summed E-state index contributed by atoms with van der Waals surface area (Å²) in [5, 5.41) is 9.18. The molecule has 1 atom stereocenters. The molecule has 1 aromatic carbocycles. The lowest BCUT2D eigenvalue weighted by Crippen LogP contribution is -2.44. The Morgan fingerprint density at radius 1 is 1.26 bits per heavy atom. The molecule has 0 aliphatic carbocycles. The van der Waals surface area contributed by atoms with Gasteiger partial charge < -0.3 is 14.7 Å². The number of hydrogen-bond donors (Lipinski definition) is 1. The van der Waals surface area contributed by atoms with E-state index in [1.807, 2.05) is 49.9 Å². The minimum atomic E-state index is -0.220. The number of likely N-dealkylation sites (tertiary alicyclic amines) is 1. The van der Waals surface area contributed by atoms with Crippen molar-refractivity contribution in [1.29, 1.82) is 0 Å². The lowest BCUT2D eigenvalue weighted by molar-refractivity contribution is -0.134. The fourth-order valence-electron chi connectivity index (χ4n) is 3.08. The molecule has 0 spiro atoms. The molecule has 0 saturated carbocycles. The van der Waals surface area contributed by atoms with Gasteiger partial charge in [0, 0.05) is 19.2 Å². The number of nitrogens with zero attached hydrogens (tertiary/aromatic N) is 1. The van der Waals surface area contributed by atoms with E-state index in [0.29, 0.717) is 12.8 Å². The van der Waals surface area contributed by atoms with Crippen LogP contribution < -0.4 is 4.74 Å². The first-order valence-electron chi connectivity index (χ1n) is 8.57. The van der Waals surface area contributed by atoms with Crippen LogP contribution in [0.25, 0.3) is 0 Å². The third-order valence-corrected chi connectivity index (χ3v) is 4.11. The van der Waals surface area contributed by atoms with Crippen LogP contribution in [-0.4, -0.2) is 40.7 Å². The van der Waals surface area contributed by atoms with Crippen LogP contribution in [0.15, 0.2) is 24.3 Å². The first-order valence-corrected chi connectivity index (χ1v) is 8.57. The van der Waals surface area contributed by atoms with Gasteiger partial charge in [0.1, 0.15) is 11.4 Å². The predicted molar refractivity (Wildman–Crippen MR) is 91.6 cm³/mol. The van der Waals surface area contributed by atoms with Gasteiger partial charge in [-0.1, -0.05) is 12.1 Å². The van der Waals surface area contributed by atoms with Crippen molar-refractivity contribution >= 4 is 5.91 Å². The monoisotopic (exact) mass is 319 g/mol. The van der Waals surface area contributed by atoms with Crippen LogP contribution in [0.4, 0.5) is 0 Å². The second kappa shape index (κ2) is 7.82. The van der Waals surface area contributed by atoms with E-state index in [4.69, 9.17) is 4.74 Å². The van der Waals surface area contributed by atoms with Gasteiger partial charge in [0.25, 0.3) is 0 Å². The highest BCUT2D eigenvalue weighted by atomic mass is 16.5. The van der Waals surface area contributed by atoms with Gasteiger partial charge in [-0.3, -0.25) is 4.79 Å². The van der Waals surface area contributed by atoms with Crippen molar-refractivity contribution in [3.8, 4) is 5.75 Å². The first-order chi connectivity index (χ1) is 10.9. The summed E-state index contributed by atoms with van der Waals surface area (Å²) in [7, 11) is 0. The number of carbonyl (C=O) groups excluding carboxylic acids is 1. The maximum Gasteiger partial charge on any atom is 0.227 e. The Bertz CT molecular complexity index is 502. The van der Waals surface area contributed by atoms with Crippen LogP contribution in [0, 0.1) is 0 Å². The molecule has 4 nitrogen and oxygen atoms in total. The van der Waals surface area contributed by atoms with Crippen molar-refractivity contribution in [2.45, 2.75) is 64.5 Å². The highest BCUT2D eigenvalue weighted by molar-refractivity contribution is 5.79. The molecule has 1 unspecified atom stereocenters. The summed E-state index contributed by atoms with van der Waals surface area (Å²) in [5.41, 5.74) is 0.785. The molecule has 1 amide bonds. The number of aliphatic hydroxyl groups is 1. The zero-order chi connectivity index (χ0) is 16.9. The van der Waals surface area contributed by atoms with Gasteiger partial charge in [-0.25, -0.2) is 0 Å². The third-order valence-electron chi connectivity index (χ3n) is 4.11. The molecular formula is C19H29NO3. The standard InChI is InChI=1S/C19H29NO3/c1-19(2,3)23-17-9-7-15(8-10-17)14-18(22)20-12-5-4-6-16(20)11-13-21/h7-10,16,21H,4-6,11-14H2,1-3H3. The predicted octanol–water partition coefficient (Wildman–Crippen LogP) is 3.17. The number of ether oxygens (including phenoxy) is 1. The molecule has 1 N–H and O–H groups in total. The maximum absolute atomic E-state index is 12.6. The second-order valence-electron chi connectivity index (χ2n) is 7.28. The molecule has 1 aliphatic heterocycles. The molecule has 23 heavy (non-hydrogen) atoms. The summed E-state index contributed by atoms with van der Waals surface area (Å²) >= 11 is 0. The molecule has 1 heterocycles. The average Bonchev–Trinajstić information content (AvgIpc) is 2.48. The number of rotatable bonds is 5. The molecule has 1 aromatic rings. The summed E-state index contributed by atoms with van der Waals surface area (Å²) in [5.74, 6) is 0.984. The van der Waals surface area contributed by atoms with E-state index in [1.165, 1.54) is 0 Å². The Labute approximate surface area is 139 Å². The highest BCUT2D eigenvalue weighted by Crippen LogP contribution is 2.22. The normalized spacial score (nSPS) is 18.8. The van der Waals surface area contributed by atoms with Crippen LogP contribution in [0.1, 0.15) is 52.0 Å². The summed E-state index contributed by atoms with van der Waals surface area (Å²) in [6.45, 7) is 7.01. The highest BCUT2D eigenvalue weighted by Gasteiger charge is 2.26. The van der Waals surface area contributed by atoms with E-state index < -0.39 is 0 Å². The van der Waals surface area contributed by atoms with Gasteiger partial charge in [0.05, 0.1) is 6.42 Å². The van der Waals surface area contributed by atoms with Crippen molar-refractivity contribution in [3.63, 3.8) is 0 Å². The molecule has 4 heteroatoms. The summed E-state index contributed by atoms with van der Waals surface area (Å²) in [4.78, 5) is 14.5. The smallest absolute Gasteiger partial charge is 0.227 e. The lowest BCUT2D eigenvalue weighted by Gasteiger charge is -2.35.